The van der Waals surface area contributed by atoms with Crippen LogP contribution >= 0.6 is 0 Å². The molecule has 0 amide bonds. The highest BCUT2D eigenvalue weighted by Crippen LogP contribution is 2.30. The molecule has 2 rings (SSSR count). The zero-order valence-corrected chi connectivity index (χ0v) is 13.0. The maximum Gasteiger partial charge on any atom is 0.184 e. The second-order valence-corrected chi connectivity index (χ2v) is 5.09. The van der Waals surface area contributed by atoms with E-state index >= 15 is 0 Å². The Labute approximate surface area is 126 Å². The van der Waals surface area contributed by atoms with Gasteiger partial charge in [0, 0.05) is 18.0 Å². The van der Waals surface area contributed by atoms with Crippen LogP contribution in [0.1, 0.15) is 31.0 Å². The molecule has 21 heavy (non-hydrogen) atoms. The van der Waals surface area contributed by atoms with Crippen molar-refractivity contribution in [2.45, 2.75) is 26.3 Å². The average molecular weight is 286 g/mol. The molecule has 1 aromatic heterocycles. The van der Waals surface area contributed by atoms with Gasteiger partial charge in [0.25, 0.3) is 0 Å². The molecule has 0 unspecified atom stereocenters. The van der Waals surface area contributed by atoms with Gasteiger partial charge in [-0.25, -0.2) is 0 Å². The molecule has 1 heterocycles. The largest absolute Gasteiger partial charge is 0.493 e. The molecule has 4 nitrogen and oxygen atoms in total. The fraction of sp³-hybridized carbons (Fsp3) is 0.353. The first kappa shape index (κ1) is 15.2. The highest BCUT2D eigenvalue weighted by Gasteiger charge is 2.12. The van der Waals surface area contributed by atoms with Crippen molar-refractivity contribution < 1.29 is 9.47 Å². The maximum atomic E-state index is 5.41. The second-order valence-electron chi connectivity index (χ2n) is 5.09. The summed E-state index contributed by atoms with van der Waals surface area (Å²) >= 11 is 0. The van der Waals surface area contributed by atoms with Crippen molar-refractivity contribution in [3.8, 4) is 11.5 Å². The van der Waals surface area contributed by atoms with Gasteiger partial charge in [0.2, 0.25) is 0 Å². The average Bonchev–Trinajstić information content (AvgIpc) is 2.52. The van der Waals surface area contributed by atoms with Gasteiger partial charge in [-0.15, -0.1) is 0 Å². The molecule has 0 saturated heterocycles. The number of rotatable bonds is 6. The first-order chi connectivity index (χ1) is 10.2. The predicted octanol–water partition coefficient (Wildman–Crippen LogP) is 3.83. The van der Waals surface area contributed by atoms with E-state index in [1.54, 1.807) is 26.5 Å². The molecule has 112 valence electrons. The number of hydrogen-bond donors (Lipinski definition) is 1. The summed E-state index contributed by atoms with van der Waals surface area (Å²) in [6.45, 7) is 4.96. The molecule has 0 radical (unpaired) electrons. The fourth-order valence-corrected chi connectivity index (χ4v) is 2.32. The van der Waals surface area contributed by atoms with Crippen LogP contribution in [0.15, 0.2) is 36.5 Å². The second kappa shape index (κ2) is 6.97. The Kier molecular flexibility index (Phi) is 5.04. The molecular formula is C17H22N2O2. The highest BCUT2D eigenvalue weighted by molar-refractivity contribution is 5.53. The number of methoxy groups -OCH3 is 2. The molecule has 0 saturated carbocycles. The summed E-state index contributed by atoms with van der Waals surface area (Å²) in [5.41, 5.74) is 3.24. The van der Waals surface area contributed by atoms with E-state index in [-0.39, 0.29) is 0 Å². The Balaban J connectivity index is 2.21. The molecule has 0 aliphatic heterocycles. The van der Waals surface area contributed by atoms with Gasteiger partial charge < -0.3 is 14.8 Å². The van der Waals surface area contributed by atoms with Crippen LogP contribution in [0.2, 0.25) is 0 Å². The number of hydrogen-bond acceptors (Lipinski definition) is 4. The zero-order valence-electron chi connectivity index (χ0n) is 13.0. The fourth-order valence-electron chi connectivity index (χ4n) is 2.32. The van der Waals surface area contributed by atoms with E-state index in [1.165, 1.54) is 5.56 Å². The number of nitrogens with one attached hydrogen (secondary N) is 1. The predicted molar refractivity (Wildman–Crippen MR) is 85.2 cm³/mol. The molecule has 0 spiro atoms. The molecule has 0 aliphatic carbocycles. The lowest BCUT2D eigenvalue weighted by Gasteiger charge is -2.16. The monoisotopic (exact) mass is 286 g/mol. The van der Waals surface area contributed by atoms with E-state index in [0.29, 0.717) is 24.0 Å². The van der Waals surface area contributed by atoms with E-state index in [9.17, 15) is 0 Å². The van der Waals surface area contributed by atoms with Crippen LogP contribution in [-0.4, -0.2) is 19.2 Å². The number of pyridine rings is 1. The topological polar surface area (TPSA) is 43.4 Å². The van der Waals surface area contributed by atoms with Gasteiger partial charge in [-0.3, -0.25) is 4.98 Å². The molecular weight excluding hydrogens is 264 g/mol. The minimum Gasteiger partial charge on any atom is -0.493 e. The van der Waals surface area contributed by atoms with Crippen LogP contribution in [0, 0.1) is 0 Å². The van der Waals surface area contributed by atoms with Gasteiger partial charge in [0.05, 0.1) is 20.8 Å². The summed E-state index contributed by atoms with van der Waals surface area (Å²) in [5, 5.41) is 3.44. The van der Waals surface area contributed by atoms with E-state index in [4.69, 9.17) is 9.47 Å². The smallest absolute Gasteiger partial charge is 0.184 e. The number of nitrogens with zero attached hydrogens (tertiary/aromatic N) is 1. The van der Waals surface area contributed by atoms with Gasteiger partial charge in [-0.2, -0.15) is 0 Å². The SMILES string of the molecule is COc1ccnc(CNc2ccccc2C(C)C)c1OC. The summed E-state index contributed by atoms with van der Waals surface area (Å²) < 4.78 is 10.7. The van der Waals surface area contributed by atoms with Crippen LogP contribution in [0.4, 0.5) is 5.69 Å². The third-order valence-electron chi connectivity index (χ3n) is 3.40. The van der Waals surface area contributed by atoms with Gasteiger partial charge in [-0.05, 0) is 17.5 Å². The first-order valence-electron chi connectivity index (χ1n) is 7.06. The van der Waals surface area contributed by atoms with Crippen molar-refractivity contribution >= 4 is 5.69 Å². The summed E-state index contributed by atoms with van der Waals surface area (Å²) in [6, 6.07) is 10.1. The Morgan fingerprint density at radius 1 is 1.10 bits per heavy atom. The molecule has 2 aromatic rings. The van der Waals surface area contributed by atoms with Crippen molar-refractivity contribution in [3.05, 3.63) is 47.8 Å². The Bertz CT molecular complexity index is 597. The number of aromatic nitrogens is 1. The number of para-hydroxylation sites is 1. The lowest BCUT2D eigenvalue weighted by molar-refractivity contribution is 0.350. The third kappa shape index (κ3) is 3.45. The third-order valence-corrected chi connectivity index (χ3v) is 3.40. The zero-order chi connectivity index (χ0) is 15.2. The Morgan fingerprint density at radius 2 is 1.86 bits per heavy atom. The van der Waals surface area contributed by atoms with Crippen molar-refractivity contribution in [2.24, 2.45) is 0 Å². The van der Waals surface area contributed by atoms with E-state index in [2.05, 4.69) is 42.3 Å². The van der Waals surface area contributed by atoms with Crippen molar-refractivity contribution in [3.63, 3.8) is 0 Å². The summed E-state index contributed by atoms with van der Waals surface area (Å²) in [7, 11) is 3.26. The molecule has 0 bridgehead atoms. The lowest BCUT2D eigenvalue weighted by atomic mass is 10.0. The van der Waals surface area contributed by atoms with Gasteiger partial charge >= 0.3 is 0 Å². The molecule has 0 fully saturated rings. The van der Waals surface area contributed by atoms with Crippen molar-refractivity contribution in [1.29, 1.82) is 0 Å². The minimum atomic E-state index is 0.467. The van der Waals surface area contributed by atoms with Crippen LogP contribution in [0.5, 0.6) is 11.5 Å². The lowest BCUT2D eigenvalue weighted by Crippen LogP contribution is -2.07. The first-order valence-corrected chi connectivity index (χ1v) is 7.06. The summed E-state index contributed by atoms with van der Waals surface area (Å²) in [6.07, 6.45) is 1.73. The normalized spacial score (nSPS) is 10.5. The summed E-state index contributed by atoms with van der Waals surface area (Å²) in [4.78, 5) is 4.38. The number of benzene rings is 1. The van der Waals surface area contributed by atoms with E-state index in [0.717, 1.165) is 11.4 Å². The molecule has 1 aromatic carbocycles. The summed E-state index contributed by atoms with van der Waals surface area (Å²) in [5.74, 6) is 1.84. The van der Waals surface area contributed by atoms with Crippen molar-refractivity contribution in [1.82, 2.24) is 4.98 Å². The van der Waals surface area contributed by atoms with Crippen LogP contribution in [-0.2, 0) is 6.54 Å². The van der Waals surface area contributed by atoms with Gasteiger partial charge in [-0.1, -0.05) is 32.0 Å². The highest BCUT2D eigenvalue weighted by atomic mass is 16.5. The molecule has 1 N–H and O–H groups in total. The standard InChI is InChI=1S/C17H22N2O2/c1-12(2)13-7-5-6-8-14(13)19-11-15-17(21-4)16(20-3)9-10-18-15/h5-10,12,19H,11H2,1-4H3. The molecule has 0 atom stereocenters. The Morgan fingerprint density at radius 3 is 2.52 bits per heavy atom. The number of ether oxygens (including phenoxy) is 2. The molecule has 0 aliphatic rings. The maximum absolute atomic E-state index is 5.41. The quantitative estimate of drug-likeness (QED) is 0.876. The van der Waals surface area contributed by atoms with E-state index < -0.39 is 0 Å². The Hall–Kier alpha value is -2.23. The van der Waals surface area contributed by atoms with Crippen LogP contribution < -0.4 is 14.8 Å². The van der Waals surface area contributed by atoms with Crippen molar-refractivity contribution in [2.75, 3.05) is 19.5 Å². The van der Waals surface area contributed by atoms with E-state index in [1.807, 2.05) is 6.07 Å². The van der Waals surface area contributed by atoms with Gasteiger partial charge in [0.15, 0.2) is 11.5 Å². The van der Waals surface area contributed by atoms with Gasteiger partial charge in [0.1, 0.15) is 5.69 Å². The molecule has 4 heteroatoms. The van der Waals surface area contributed by atoms with Crippen LogP contribution in [0.25, 0.3) is 0 Å². The van der Waals surface area contributed by atoms with Crippen LogP contribution in [0.3, 0.4) is 0 Å². The number of anilines is 1. The minimum absolute atomic E-state index is 0.467.